The largest absolute Gasteiger partial charge is 0.497 e. The molecule has 1 fully saturated rings. The molecule has 3 rings (SSSR count). The Morgan fingerprint density at radius 2 is 1.68 bits per heavy atom. The lowest BCUT2D eigenvalue weighted by atomic mass is 9.79. The Morgan fingerprint density at radius 3 is 2.23 bits per heavy atom. The van der Waals surface area contributed by atoms with Crippen LogP contribution in [0, 0.1) is 0 Å². The van der Waals surface area contributed by atoms with Crippen LogP contribution in [0.3, 0.4) is 0 Å². The first-order valence-corrected chi connectivity index (χ1v) is 8.16. The maximum absolute atomic E-state index is 6.21. The van der Waals surface area contributed by atoms with Crippen molar-refractivity contribution < 1.29 is 9.31 Å². The maximum Gasteiger partial charge on any atom is 0.497 e. The van der Waals surface area contributed by atoms with E-state index in [-0.39, 0.29) is 18.3 Å². The van der Waals surface area contributed by atoms with Crippen LogP contribution in [-0.4, -0.2) is 22.9 Å². The summed E-state index contributed by atoms with van der Waals surface area (Å²) in [5.41, 5.74) is 1.51. The van der Waals surface area contributed by atoms with Gasteiger partial charge in [-0.2, -0.15) is 0 Å². The normalized spacial score (nSPS) is 20.3. The van der Waals surface area contributed by atoms with Crippen molar-refractivity contribution in [3.8, 4) is 0 Å². The van der Waals surface area contributed by atoms with Gasteiger partial charge in [0.25, 0.3) is 0 Å². The summed E-state index contributed by atoms with van der Waals surface area (Å²) in [6, 6.07) is 6.32. The number of hydrogen-bond donors (Lipinski definition) is 0. The number of nitrogens with zero attached hydrogens (tertiary/aromatic N) is 1. The predicted octanol–water partition coefficient (Wildman–Crippen LogP) is 4.17. The average molecular weight is 320 g/mol. The smallest absolute Gasteiger partial charge is 0.399 e. The fourth-order valence-electron chi connectivity index (χ4n) is 2.84. The number of hydrogen-bond acceptors (Lipinski definition) is 2. The van der Waals surface area contributed by atoms with E-state index in [2.05, 4.69) is 58.4 Å². The molecule has 3 nitrogen and oxygen atoms in total. The SMILES string of the molecule is CC(C)n1cc(B2OC(C)(C)C(C)(C)O2)c2ccc(Cl)cc21. The molecule has 0 spiro atoms. The second kappa shape index (κ2) is 5.02. The first-order valence-electron chi connectivity index (χ1n) is 7.78. The van der Waals surface area contributed by atoms with Gasteiger partial charge in [-0.15, -0.1) is 0 Å². The molecule has 1 aromatic carbocycles. The van der Waals surface area contributed by atoms with E-state index in [0.717, 1.165) is 21.4 Å². The minimum Gasteiger partial charge on any atom is -0.399 e. The Morgan fingerprint density at radius 1 is 1.09 bits per heavy atom. The van der Waals surface area contributed by atoms with Gasteiger partial charge >= 0.3 is 7.12 Å². The molecule has 0 amide bonds. The second-order valence-electron chi connectivity index (χ2n) is 7.34. The summed E-state index contributed by atoms with van der Waals surface area (Å²) >= 11 is 6.18. The van der Waals surface area contributed by atoms with Crippen molar-refractivity contribution in [2.75, 3.05) is 0 Å². The zero-order chi connectivity index (χ0) is 16.3. The van der Waals surface area contributed by atoms with Gasteiger partial charge in [0.1, 0.15) is 0 Å². The number of fused-ring (bicyclic) bond motifs is 1. The Bertz CT molecular complexity index is 705. The highest BCUT2D eigenvalue weighted by Crippen LogP contribution is 2.37. The van der Waals surface area contributed by atoms with Crippen LogP contribution in [0.4, 0.5) is 0 Å². The van der Waals surface area contributed by atoms with Gasteiger partial charge in [-0.1, -0.05) is 17.7 Å². The maximum atomic E-state index is 6.21. The van der Waals surface area contributed by atoms with Crippen molar-refractivity contribution in [2.24, 2.45) is 0 Å². The van der Waals surface area contributed by atoms with Crippen LogP contribution in [0.5, 0.6) is 0 Å². The Balaban J connectivity index is 2.13. The summed E-state index contributed by atoms with van der Waals surface area (Å²) in [4.78, 5) is 0. The molecule has 0 unspecified atom stereocenters. The van der Waals surface area contributed by atoms with Crippen LogP contribution < -0.4 is 5.46 Å². The van der Waals surface area contributed by atoms with E-state index >= 15 is 0 Å². The molecule has 118 valence electrons. The standard InChI is InChI=1S/C17H23BClNO2/c1-11(2)20-10-14(13-8-7-12(19)9-15(13)20)18-21-16(3,4)17(5,6)22-18/h7-11H,1-6H3. The van der Waals surface area contributed by atoms with E-state index in [1.54, 1.807) is 0 Å². The third-order valence-electron chi connectivity index (χ3n) is 4.89. The molecular formula is C17H23BClNO2. The third kappa shape index (κ3) is 2.38. The summed E-state index contributed by atoms with van der Waals surface area (Å²) in [6.45, 7) is 12.6. The Hall–Kier alpha value is -0.965. The molecule has 1 saturated heterocycles. The van der Waals surface area contributed by atoms with Gasteiger partial charge in [0.15, 0.2) is 0 Å². The van der Waals surface area contributed by atoms with E-state index < -0.39 is 0 Å². The van der Waals surface area contributed by atoms with E-state index in [4.69, 9.17) is 20.9 Å². The van der Waals surface area contributed by atoms with Crippen molar-refractivity contribution in [3.05, 3.63) is 29.4 Å². The van der Waals surface area contributed by atoms with Crippen molar-refractivity contribution in [1.29, 1.82) is 0 Å². The van der Waals surface area contributed by atoms with Gasteiger partial charge in [0.05, 0.1) is 11.2 Å². The first-order chi connectivity index (χ1) is 10.1. The highest BCUT2D eigenvalue weighted by molar-refractivity contribution is 6.65. The molecule has 2 aromatic rings. The molecule has 0 radical (unpaired) electrons. The molecule has 22 heavy (non-hydrogen) atoms. The van der Waals surface area contributed by atoms with Gasteiger partial charge in [0, 0.05) is 28.2 Å². The molecule has 0 saturated carbocycles. The molecule has 0 N–H and O–H groups in total. The van der Waals surface area contributed by atoms with Gasteiger partial charge in [-0.25, -0.2) is 0 Å². The molecule has 0 bridgehead atoms. The van der Waals surface area contributed by atoms with Crippen LogP contribution in [-0.2, 0) is 9.31 Å². The Kier molecular flexibility index (Phi) is 3.63. The zero-order valence-corrected chi connectivity index (χ0v) is 14.9. The summed E-state index contributed by atoms with van der Waals surface area (Å²) in [5.74, 6) is 0. The predicted molar refractivity (Wildman–Crippen MR) is 93.0 cm³/mol. The minimum absolute atomic E-state index is 0.337. The molecule has 1 aromatic heterocycles. The lowest BCUT2D eigenvalue weighted by molar-refractivity contribution is 0.00578. The van der Waals surface area contributed by atoms with E-state index in [1.165, 1.54) is 0 Å². The fraction of sp³-hybridized carbons (Fsp3) is 0.529. The quantitative estimate of drug-likeness (QED) is 0.775. The summed E-state index contributed by atoms with van der Waals surface area (Å²) in [5, 5.41) is 1.88. The lowest BCUT2D eigenvalue weighted by Crippen LogP contribution is -2.41. The number of aromatic nitrogens is 1. The highest BCUT2D eigenvalue weighted by atomic mass is 35.5. The molecule has 1 aliphatic rings. The number of benzene rings is 1. The van der Waals surface area contributed by atoms with Gasteiger partial charge < -0.3 is 13.9 Å². The van der Waals surface area contributed by atoms with Crippen LogP contribution in [0.1, 0.15) is 47.6 Å². The third-order valence-corrected chi connectivity index (χ3v) is 5.13. The van der Waals surface area contributed by atoms with Gasteiger partial charge in [-0.05, 0) is 59.1 Å². The second-order valence-corrected chi connectivity index (χ2v) is 7.77. The summed E-state index contributed by atoms with van der Waals surface area (Å²) < 4.78 is 14.6. The van der Waals surface area contributed by atoms with Crippen molar-refractivity contribution in [2.45, 2.75) is 58.8 Å². The summed E-state index contributed by atoms with van der Waals surface area (Å²) in [7, 11) is -0.353. The topological polar surface area (TPSA) is 23.4 Å². The van der Waals surface area contributed by atoms with E-state index in [9.17, 15) is 0 Å². The van der Waals surface area contributed by atoms with E-state index in [1.807, 2.05) is 12.1 Å². The number of halogens is 1. The minimum atomic E-state index is -0.353. The molecule has 0 atom stereocenters. The van der Waals surface area contributed by atoms with Crippen molar-refractivity contribution in [3.63, 3.8) is 0 Å². The average Bonchev–Trinajstić information content (AvgIpc) is 2.84. The fourth-order valence-corrected chi connectivity index (χ4v) is 3.00. The van der Waals surface area contributed by atoms with Crippen molar-refractivity contribution >= 4 is 35.1 Å². The summed E-state index contributed by atoms with van der Waals surface area (Å²) in [6.07, 6.45) is 2.13. The monoisotopic (exact) mass is 319 g/mol. The molecular weight excluding hydrogens is 296 g/mol. The van der Waals surface area contributed by atoms with Crippen LogP contribution in [0.2, 0.25) is 5.02 Å². The van der Waals surface area contributed by atoms with Crippen LogP contribution >= 0.6 is 11.6 Å². The number of rotatable bonds is 2. The van der Waals surface area contributed by atoms with Crippen molar-refractivity contribution in [1.82, 2.24) is 4.57 Å². The molecule has 1 aliphatic heterocycles. The Labute approximate surface area is 137 Å². The highest BCUT2D eigenvalue weighted by Gasteiger charge is 2.52. The lowest BCUT2D eigenvalue weighted by Gasteiger charge is -2.32. The molecule has 2 heterocycles. The molecule has 5 heteroatoms. The van der Waals surface area contributed by atoms with Gasteiger partial charge in [0.2, 0.25) is 0 Å². The first kappa shape index (κ1) is 15.9. The molecule has 0 aliphatic carbocycles. The zero-order valence-electron chi connectivity index (χ0n) is 14.1. The van der Waals surface area contributed by atoms with Gasteiger partial charge in [-0.3, -0.25) is 0 Å². The van der Waals surface area contributed by atoms with Crippen LogP contribution in [0.15, 0.2) is 24.4 Å². The van der Waals surface area contributed by atoms with E-state index in [0.29, 0.717) is 6.04 Å². The van der Waals surface area contributed by atoms with Crippen LogP contribution in [0.25, 0.3) is 10.9 Å².